The van der Waals surface area contributed by atoms with Crippen molar-refractivity contribution in [3.8, 4) is 0 Å². The van der Waals surface area contributed by atoms with Crippen LogP contribution in [0.4, 0.5) is 10.7 Å². The van der Waals surface area contributed by atoms with Crippen LogP contribution in [0.2, 0.25) is 0 Å². The van der Waals surface area contributed by atoms with E-state index in [-0.39, 0.29) is 22.2 Å². The largest absolute Gasteiger partial charge is 0.465 e. The smallest absolute Gasteiger partial charge is 0.350 e. The highest BCUT2D eigenvalue weighted by Crippen LogP contribution is 2.39. The minimum Gasteiger partial charge on any atom is -0.465 e. The number of ether oxygens (including phenoxy) is 1. The molecule has 6 N–H and O–H groups in total. The van der Waals surface area contributed by atoms with Gasteiger partial charge >= 0.3 is 5.97 Å². The maximum atomic E-state index is 11.6. The molecule has 2 heterocycles. The van der Waals surface area contributed by atoms with E-state index in [2.05, 4.69) is 4.74 Å². The van der Waals surface area contributed by atoms with Crippen molar-refractivity contribution in [1.29, 1.82) is 0 Å². The number of anilines is 2. The number of nitrogen functional groups attached to an aromatic ring is 1. The normalized spacial score (nSPS) is 18.6. The second kappa shape index (κ2) is 5.06. The fourth-order valence-electron chi connectivity index (χ4n) is 2.11. The van der Waals surface area contributed by atoms with Gasteiger partial charge < -0.3 is 26.8 Å². The van der Waals surface area contributed by atoms with Crippen LogP contribution in [0.3, 0.4) is 0 Å². The molecule has 0 bridgehead atoms. The van der Waals surface area contributed by atoms with E-state index in [1.807, 2.05) is 4.90 Å². The summed E-state index contributed by atoms with van der Waals surface area (Å²) in [4.78, 5) is 25.3. The van der Waals surface area contributed by atoms with Gasteiger partial charge in [-0.25, -0.2) is 4.79 Å². The number of hydrogen-bond donors (Lipinski definition) is 3. The van der Waals surface area contributed by atoms with Crippen molar-refractivity contribution in [2.24, 2.45) is 11.5 Å². The topological polar surface area (TPSA) is 125 Å². The summed E-state index contributed by atoms with van der Waals surface area (Å²) in [5, 5.41) is 0.596. The second-order valence-corrected chi connectivity index (χ2v) is 5.37. The number of carbonyl (C=O) groups is 2. The fraction of sp³-hybridized carbons (Fsp3) is 0.455. The summed E-state index contributed by atoms with van der Waals surface area (Å²) in [5.41, 5.74) is 17.3. The highest BCUT2D eigenvalue weighted by Gasteiger charge is 2.30. The lowest BCUT2D eigenvalue weighted by molar-refractivity contribution is 0.0607. The molecule has 1 atom stereocenters. The Labute approximate surface area is 114 Å². The van der Waals surface area contributed by atoms with Gasteiger partial charge in [-0.15, -0.1) is 11.3 Å². The van der Waals surface area contributed by atoms with Crippen molar-refractivity contribution in [3.63, 3.8) is 0 Å². The lowest BCUT2D eigenvalue weighted by atomic mass is 10.2. The Kier molecular flexibility index (Phi) is 3.63. The molecule has 0 aliphatic carbocycles. The quantitative estimate of drug-likeness (QED) is 0.657. The van der Waals surface area contributed by atoms with E-state index in [0.717, 1.165) is 17.8 Å². The van der Waals surface area contributed by atoms with Crippen LogP contribution in [-0.2, 0) is 4.74 Å². The van der Waals surface area contributed by atoms with Crippen molar-refractivity contribution in [2.75, 3.05) is 30.8 Å². The number of primary amides is 1. The predicted molar refractivity (Wildman–Crippen MR) is 73.4 cm³/mol. The molecule has 1 aliphatic rings. The van der Waals surface area contributed by atoms with Crippen molar-refractivity contribution >= 4 is 33.9 Å². The van der Waals surface area contributed by atoms with Crippen LogP contribution in [0, 0.1) is 0 Å². The van der Waals surface area contributed by atoms with Crippen molar-refractivity contribution in [3.05, 3.63) is 10.4 Å². The van der Waals surface area contributed by atoms with Gasteiger partial charge in [0.25, 0.3) is 5.91 Å². The summed E-state index contributed by atoms with van der Waals surface area (Å²) in [6.07, 6.45) is 0.823. The molecule has 1 unspecified atom stereocenters. The summed E-state index contributed by atoms with van der Waals surface area (Å²) in [7, 11) is 1.26. The number of esters is 1. The van der Waals surface area contributed by atoms with Gasteiger partial charge in [0, 0.05) is 19.1 Å². The molecule has 104 valence electrons. The van der Waals surface area contributed by atoms with Crippen LogP contribution in [0.1, 0.15) is 26.5 Å². The zero-order valence-electron chi connectivity index (χ0n) is 10.5. The number of carbonyl (C=O) groups excluding carboxylic acids is 2. The average Bonchev–Trinajstić information content (AvgIpc) is 2.92. The minimum absolute atomic E-state index is 0.0469. The molecule has 8 heteroatoms. The Bertz CT molecular complexity index is 528. The molecule has 1 aromatic rings. The highest BCUT2D eigenvalue weighted by atomic mass is 32.1. The number of hydrogen-bond acceptors (Lipinski definition) is 7. The Balaban J connectivity index is 2.47. The van der Waals surface area contributed by atoms with Crippen LogP contribution in [-0.4, -0.2) is 38.1 Å². The van der Waals surface area contributed by atoms with E-state index in [4.69, 9.17) is 17.2 Å². The maximum Gasteiger partial charge on any atom is 0.350 e. The third kappa shape index (κ3) is 2.36. The van der Waals surface area contributed by atoms with Crippen LogP contribution >= 0.6 is 11.3 Å². The van der Waals surface area contributed by atoms with E-state index < -0.39 is 11.9 Å². The molecule has 0 radical (unpaired) electrons. The first kappa shape index (κ1) is 13.6. The first-order valence-electron chi connectivity index (χ1n) is 5.76. The van der Waals surface area contributed by atoms with Crippen LogP contribution in [0.25, 0.3) is 0 Å². The summed E-state index contributed by atoms with van der Waals surface area (Å²) in [5.74, 6) is -1.22. The Morgan fingerprint density at radius 1 is 1.47 bits per heavy atom. The van der Waals surface area contributed by atoms with E-state index >= 15 is 0 Å². The highest BCUT2D eigenvalue weighted by molar-refractivity contribution is 7.19. The SMILES string of the molecule is COC(=O)c1sc(N2CCC(N)C2)c(C(N)=O)c1N. The van der Waals surface area contributed by atoms with E-state index in [9.17, 15) is 9.59 Å². The van der Waals surface area contributed by atoms with Gasteiger partial charge in [-0.1, -0.05) is 0 Å². The summed E-state index contributed by atoms with van der Waals surface area (Å²) >= 11 is 1.12. The molecule has 1 fully saturated rings. The van der Waals surface area contributed by atoms with Gasteiger partial charge in [-0.3, -0.25) is 4.79 Å². The monoisotopic (exact) mass is 284 g/mol. The first-order valence-corrected chi connectivity index (χ1v) is 6.58. The Morgan fingerprint density at radius 3 is 2.63 bits per heavy atom. The van der Waals surface area contributed by atoms with E-state index in [1.54, 1.807) is 0 Å². The fourth-order valence-corrected chi connectivity index (χ4v) is 3.29. The number of methoxy groups -OCH3 is 1. The van der Waals surface area contributed by atoms with E-state index in [0.29, 0.717) is 18.1 Å². The molecule has 0 spiro atoms. The van der Waals surface area contributed by atoms with Gasteiger partial charge in [-0.05, 0) is 6.42 Å². The predicted octanol–water partition coefficient (Wildman–Crippen LogP) is -0.247. The molecule has 1 aliphatic heterocycles. The summed E-state index contributed by atoms with van der Waals surface area (Å²) in [6, 6.07) is 0.0469. The van der Waals surface area contributed by atoms with Gasteiger partial charge in [0.2, 0.25) is 0 Å². The minimum atomic E-state index is -0.653. The molecule has 19 heavy (non-hydrogen) atoms. The standard InChI is InChI=1S/C11H16N4O3S/c1-18-11(17)8-7(13)6(9(14)16)10(19-8)15-3-2-5(12)4-15/h5H,2-4,12-13H2,1H3,(H2,14,16). The second-order valence-electron chi connectivity index (χ2n) is 4.38. The summed E-state index contributed by atoms with van der Waals surface area (Å²) < 4.78 is 4.65. The van der Waals surface area contributed by atoms with Crippen LogP contribution in [0.5, 0.6) is 0 Å². The lowest BCUT2D eigenvalue weighted by Gasteiger charge is -2.16. The van der Waals surface area contributed by atoms with Crippen LogP contribution in [0.15, 0.2) is 0 Å². The molecule has 0 saturated carbocycles. The van der Waals surface area contributed by atoms with Crippen LogP contribution < -0.4 is 22.1 Å². The molecule has 1 aromatic heterocycles. The Morgan fingerprint density at radius 2 is 2.16 bits per heavy atom. The molecule has 1 amide bonds. The third-order valence-corrected chi connectivity index (χ3v) is 4.30. The molecular weight excluding hydrogens is 268 g/mol. The number of rotatable bonds is 3. The molecule has 0 aromatic carbocycles. The zero-order valence-corrected chi connectivity index (χ0v) is 11.3. The number of nitrogens with zero attached hydrogens (tertiary/aromatic N) is 1. The molecule has 1 saturated heterocycles. The molecular formula is C11H16N4O3S. The third-order valence-electron chi connectivity index (χ3n) is 3.06. The number of thiophene rings is 1. The van der Waals surface area contributed by atoms with Gasteiger partial charge in [0.15, 0.2) is 0 Å². The summed E-state index contributed by atoms with van der Waals surface area (Å²) in [6.45, 7) is 1.32. The zero-order chi connectivity index (χ0) is 14.2. The molecule has 7 nitrogen and oxygen atoms in total. The van der Waals surface area contributed by atoms with Gasteiger partial charge in [0.05, 0.1) is 18.4 Å². The van der Waals surface area contributed by atoms with Gasteiger partial charge in [-0.2, -0.15) is 0 Å². The van der Waals surface area contributed by atoms with Gasteiger partial charge in [0.1, 0.15) is 9.88 Å². The van der Waals surface area contributed by atoms with Crippen molar-refractivity contribution < 1.29 is 14.3 Å². The first-order chi connectivity index (χ1) is 8.95. The van der Waals surface area contributed by atoms with Crippen molar-refractivity contribution in [2.45, 2.75) is 12.5 Å². The van der Waals surface area contributed by atoms with E-state index in [1.165, 1.54) is 7.11 Å². The number of amides is 1. The molecule has 2 rings (SSSR count). The average molecular weight is 284 g/mol. The van der Waals surface area contributed by atoms with Crippen molar-refractivity contribution in [1.82, 2.24) is 0 Å². The maximum absolute atomic E-state index is 11.6. The Hall–Kier alpha value is -1.80. The lowest BCUT2D eigenvalue weighted by Crippen LogP contribution is -2.27. The number of nitrogens with two attached hydrogens (primary N) is 3.